The summed E-state index contributed by atoms with van der Waals surface area (Å²) in [6, 6.07) is 36.6. The third kappa shape index (κ3) is 8.54. The summed E-state index contributed by atoms with van der Waals surface area (Å²) in [5.74, 6) is -0.711. The van der Waals surface area contributed by atoms with Gasteiger partial charge in [-0.25, -0.2) is 10.0 Å². The van der Waals surface area contributed by atoms with Gasteiger partial charge in [0, 0.05) is 67.9 Å². The average molecular weight is 816 g/mol. The van der Waals surface area contributed by atoms with Crippen LogP contribution in [0, 0.1) is 0 Å². The number of phenolic OH excluding ortho intramolecular Hbond substituents is 1. The number of piperazine rings is 1. The lowest BCUT2D eigenvalue weighted by Crippen LogP contribution is -2.75. The van der Waals surface area contributed by atoms with E-state index in [0.29, 0.717) is 24.2 Å². The molecule has 0 saturated carbocycles. The van der Waals surface area contributed by atoms with Crippen molar-refractivity contribution in [3.63, 3.8) is 0 Å². The van der Waals surface area contributed by atoms with Gasteiger partial charge in [-0.15, -0.1) is 6.58 Å². The molecule has 61 heavy (non-hydrogen) atoms. The minimum absolute atomic E-state index is 0.0687. The number of aryl methyl sites for hydroxylation is 2. The zero-order valence-electron chi connectivity index (χ0n) is 34.1. The van der Waals surface area contributed by atoms with E-state index in [9.17, 15) is 24.3 Å². The number of carbonyl (C=O) groups is 4. The fraction of sp³-hybridized carbons (Fsp3) is 0.224. The Labute approximate surface area is 355 Å². The standard InChI is InChI=1S/C49H49N7O5/c1-3-26-54-32-46(59)55-43(27-34-14-23-40(57)24-15-34)49(61)53(31-44(55)56(54)45(58)25-16-33-8-5-4-6-9-33)29-38-10-7-11-41-42(30-52(2)47(38)41)36-19-21-39(22-20-36)51-48(60)37-17-12-35(28-50)13-18-37/h3-15,17-24,30,43-44,57H,1,16,25-29,31-32,50H2,2H3,(H,51,60)/t43-,44-/m0/s1. The van der Waals surface area contributed by atoms with Gasteiger partial charge >= 0.3 is 0 Å². The van der Waals surface area contributed by atoms with Crippen LogP contribution in [-0.2, 0) is 47.4 Å². The molecule has 8 rings (SSSR count). The molecule has 2 aliphatic rings. The van der Waals surface area contributed by atoms with Gasteiger partial charge in [0.05, 0.1) is 18.6 Å². The first-order valence-corrected chi connectivity index (χ1v) is 20.5. The fourth-order valence-corrected chi connectivity index (χ4v) is 8.61. The summed E-state index contributed by atoms with van der Waals surface area (Å²) < 4.78 is 2.06. The fourth-order valence-electron chi connectivity index (χ4n) is 8.61. The molecule has 3 heterocycles. The van der Waals surface area contributed by atoms with Crippen LogP contribution in [-0.4, -0.2) is 85.0 Å². The van der Waals surface area contributed by atoms with Crippen LogP contribution in [0.3, 0.4) is 0 Å². The second kappa shape index (κ2) is 17.7. The molecule has 2 saturated heterocycles. The third-order valence-electron chi connectivity index (χ3n) is 11.6. The van der Waals surface area contributed by atoms with Crippen molar-refractivity contribution < 1.29 is 24.3 Å². The molecule has 2 atom stereocenters. The summed E-state index contributed by atoms with van der Waals surface area (Å²) in [5.41, 5.74) is 13.5. The Morgan fingerprint density at radius 2 is 1.59 bits per heavy atom. The molecule has 0 spiro atoms. The summed E-state index contributed by atoms with van der Waals surface area (Å²) >= 11 is 0. The van der Waals surface area contributed by atoms with Crippen molar-refractivity contribution in [1.29, 1.82) is 0 Å². The molecule has 2 aliphatic heterocycles. The van der Waals surface area contributed by atoms with Crippen molar-refractivity contribution in [3.05, 3.63) is 168 Å². The van der Waals surface area contributed by atoms with Gasteiger partial charge in [0.25, 0.3) is 5.91 Å². The van der Waals surface area contributed by atoms with Crippen molar-refractivity contribution in [3.8, 4) is 16.9 Å². The number of aromatic hydroxyl groups is 1. The number of nitrogens with zero attached hydrogens (tertiary/aromatic N) is 5. The Balaban J connectivity index is 1.09. The molecule has 0 radical (unpaired) electrons. The number of hydrazine groups is 1. The molecule has 2 fully saturated rings. The van der Waals surface area contributed by atoms with Crippen LogP contribution < -0.4 is 11.1 Å². The second-order valence-electron chi connectivity index (χ2n) is 15.6. The largest absolute Gasteiger partial charge is 0.508 e. The van der Waals surface area contributed by atoms with Crippen LogP contribution in [0.15, 0.2) is 140 Å². The molecule has 12 heteroatoms. The molecule has 4 amide bonds. The number of hydrogen-bond donors (Lipinski definition) is 3. The lowest BCUT2D eigenvalue weighted by atomic mass is 9.97. The first-order valence-electron chi connectivity index (χ1n) is 20.5. The van der Waals surface area contributed by atoms with Gasteiger partial charge in [-0.05, 0) is 70.6 Å². The van der Waals surface area contributed by atoms with E-state index in [1.165, 1.54) is 0 Å². The van der Waals surface area contributed by atoms with E-state index < -0.39 is 12.2 Å². The molecule has 6 aromatic rings. The zero-order chi connectivity index (χ0) is 42.6. The number of amides is 4. The predicted octanol–water partition coefficient (Wildman–Crippen LogP) is 6.25. The van der Waals surface area contributed by atoms with E-state index >= 15 is 0 Å². The maximum atomic E-state index is 14.8. The minimum Gasteiger partial charge on any atom is -0.508 e. The number of rotatable bonds is 13. The Morgan fingerprint density at radius 1 is 0.869 bits per heavy atom. The molecular weight excluding hydrogens is 767 g/mol. The van der Waals surface area contributed by atoms with E-state index in [1.54, 1.807) is 62.3 Å². The van der Waals surface area contributed by atoms with Crippen molar-refractivity contribution in [2.45, 2.75) is 44.6 Å². The number of nitrogens with one attached hydrogen (secondary N) is 1. The topological polar surface area (TPSA) is 144 Å². The molecule has 0 aliphatic carbocycles. The van der Waals surface area contributed by atoms with E-state index in [0.717, 1.165) is 44.3 Å². The monoisotopic (exact) mass is 815 g/mol. The van der Waals surface area contributed by atoms with Gasteiger partial charge < -0.3 is 30.5 Å². The second-order valence-corrected chi connectivity index (χ2v) is 15.6. The zero-order valence-corrected chi connectivity index (χ0v) is 34.1. The van der Waals surface area contributed by atoms with Crippen molar-refractivity contribution in [2.75, 3.05) is 25.0 Å². The van der Waals surface area contributed by atoms with Crippen LogP contribution in [0.25, 0.3) is 22.0 Å². The van der Waals surface area contributed by atoms with Crippen molar-refractivity contribution in [1.82, 2.24) is 24.4 Å². The predicted molar refractivity (Wildman–Crippen MR) is 236 cm³/mol. The third-order valence-corrected chi connectivity index (χ3v) is 11.6. The molecule has 1 aromatic heterocycles. The molecule has 0 bridgehead atoms. The van der Waals surface area contributed by atoms with Crippen LogP contribution >= 0.6 is 0 Å². The highest BCUT2D eigenvalue weighted by Crippen LogP contribution is 2.35. The number of nitrogens with two attached hydrogens (primary N) is 1. The molecular formula is C49H49N7O5. The smallest absolute Gasteiger partial charge is 0.255 e. The van der Waals surface area contributed by atoms with Gasteiger partial charge in [-0.2, -0.15) is 0 Å². The summed E-state index contributed by atoms with van der Waals surface area (Å²) in [7, 11) is 1.98. The molecule has 4 N–H and O–H groups in total. The van der Waals surface area contributed by atoms with Crippen LogP contribution in [0.1, 0.15) is 39.0 Å². The number of para-hydroxylation sites is 1. The highest BCUT2D eigenvalue weighted by molar-refractivity contribution is 6.04. The van der Waals surface area contributed by atoms with Crippen molar-refractivity contribution in [2.24, 2.45) is 12.8 Å². The van der Waals surface area contributed by atoms with Crippen LogP contribution in [0.2, 0.25) is 0 Å². The maximum absolute atomic E-state index is 14.8. The minimum atomic E-state index is -0.890. The van der Waals surface area contributed by atoms with E-state index in [1.807, 2.05) is 85.9 Å². The number of anilines is 1. The van der Waals surface area contributed by atoms with Crippen LogP contribution in [0.4, 0.5) is 5.69 Å². The Hall–Kier alpha value is -7.02. The van der Waals surface area contributed by atoms with Gasteiger partial charge in [-0.3, -0.25) is 19.2 Å². The van der Waals surface area contributed by atoms with E-state index in [2.05, 4.69) is 28.7 Å². The number of benzene rings is 5. The highest BCUT2D eigenvalue weighted by Gasteiger charge is 2.51. The van der Waals surface area contributed by atoms with Gasteiger partial charge in [-0.1, -0.05) is 91.0 Å². The normalized spacial score (nSPS) is 16.8. The first-order chi connectivity index (χ1) is 29.6. The number of aromatic nitrogens is 1. The summed E-state index contributed by atoms with van der Waals surface area (Å²) in [5, 5.41) is 17.4. The lowest BCUT2D eigenvalue weighted by molar-refractivity contribution is -0.205. The summed E-state index contributed by atoms with van der Waals surface area (Å²) in [6.45, 7) is 4.89. The molecule has 0 unspecified atom stereocenters. The molecule has 5 aromatic carbocycles. The lowest BCUT2D eigenvalue weighted by Gasteiger charge is -2.55. The average Bonchev–Trinajstić information content (AvgIpc) is 3.62. The first kappa shape index (κ1) is 40.7. The molecule has 310 valence electrons. The molecule has 12 nitrogen and oxygen atoms in total. The number of hydrogen-bond acceptors (Lipinski definition) is 7. The number of fused-ring (bicyclic) bond motifs is 2. The number of carbonyl (C=O) groups excluding carboxylic acids is 4. The Morgan fingerprint density at radius 3 is 2.30 bits per heavy atom. The summed E-state index contributed by atoms with van der Waals surface area (Å²) in [6.07, 6.45) is 3.94. The van der Waals surface area contributed by atoms with E-state index in [-0.39, 0.29) is 68.4 Å². The van der Waals surface area contributed by atoms with Gasteiger partial charge in [0.1, 0.15) is 18.0 Å². The summed E-state index contributed by atoms with van der Waals surface area (Å²) in [4.78, 5) is 59.6. The Kier molecular flexibility index (Phi) is 11.8. The van der Waals surface area contributed by atoms with Gasteiger partial charge in [0.2, 0.25) is 17.7 Å². The van der Waals surface area contributed by atoms with Gasteiger partial charge in [0.15, 0.2) is 0 Å². The quantitative estimate of drug-likeness (QED) is 0.117. The number of phenols is 1. The highest BCUT2D eigenvalue weighted by atomic mass is 16.3. The van der Waals surface area contributed by atoms with Crippen molar-refractivity contribution >= 4 is 40.2 Å². The van der Waals surface area contributed by atoms with E-state index in [4.69, 9.17) is 5.73 Å². The Bertz CT molecular complexity index is 2570. The maximum Gasteiger partial charge on any atom is 0.255 e. The SMILES string of the molecule is C=CCN1CC(=O)N2[C@@H](Cc3ccc(O)cc3)C(=O)N(Cc3cccc4c(-c5ccc(NC(=O)c6ccc(CN)cc6)cc5)cn(C)c34)C[C@@H]2N1C(=O)CCc1ccccc1. The van der Waals surface area contributed by atoms with Crippen LogP contribution in [0.5, 0.6) is 5.75 Å².